The fourth-order valence-corrected chi connectivity index (χ4v) is 8.00. The molecule has 0 spiro atoms. The van der Waals surface area contributed by atoms with Gasteiger partial charge in [0.15, 0.2) is 0 Å². The Bertz CT molecular complexity index is 2440. The molecule has 0 unspecified atom stereocenters. The van der Waals surface area contributed by atoms with Crippen molar-refractivity contribution in [2.45, 2.75) is 5.41 Å². The van der Waals surface area contributed by atoms with E-state index in [0.717, 1.165) is 27.8 Å². The number of hydrogen-bond acceptors (Lipinski definition) is 1. The number of rotatable bonds is 5. The van der Waals surface area contributed by atoms with Crippen LogP contribution in [0.25, 0.3) is 49.7 Å². The highest BCUT2D eigenvalue weighted by atomic mass is 15.0. The molecule has 3 heteroatoms. The predicted octanol–water partition coefficient (Wildman–Crippen LogP) is 10.1. The standard InChI is InChI=1S/C44H31N3/c45-43(46)30-16-14-15-29(27-30)36-28-38-40(41-35-24-11-13-26-39(35)47(42(36)41)33-21-8-3-9-22-33)34-23-10-12-25-37(34)44(38,31-17-4-1-5-18-31)32-19-6-2-7-20-32/h1-28H,(H3,45,46). The maximum atomic E-state index is 8.29. The summed E-state index contributed by atoms with van der Waals surface area (Å²) in [5.74, 6) is 0.0585. The fraction of sp³-hybridized carbons (Fsp3) is 0.0227. The Morgan fingerprint density at radius 1 is 0.553 bits per heavy atom. The number of nitrogens with one attached hydrogen (secondary N) is 1. The predicted molar refractivity (Wildman–Crippen MR) is 195 cm³/mol. The van der Waals surface area contributed by atoms with Crippen molar-refractivity contribution in [1.82, 2.24) is 4.57 Å². The van der Waals surface area contributed by atoms with Crippen molar-refractivity contribution in [3.8, 4) is 27.9 Å². The van der Waals surface area contributed by atoms with Gasteiger partial charge in [0, 0.05) is 27.6 Å². The molecule has 1 heterocycles. The highest BCUT2D eigenvalue weighted by Crippen LogP contribution is 2.60. The van der Waals surface area contributed by atoms with Crippen molar-refractivity contribution < 1.29 is 0 Å². The minimum Gasteiger partial charge on any atom is -0.384 e. The van der Waals surface area contributed by atoms with Gasteiger partial charge in [-0.25, -0.2) is 0 Å². The Balaban J connectivity index is 1.56. The molecule has 1 aliphatic carbocycles. The maximum Gasteiger partial charge on any atom is 0.122 e. The highest BCUT2D eigenvalue weighted by molar-refractivity contribution is 6.22. The molecule has 222 valence electrons. The average molecular weight is 602 g/mol. The van der Waals surface area contributed by atoms with Crippen LogP contribution in [0.2, 0.25) is 0 Å². The first kappa shape index (κ1) is 27.1. The Morgan fingerprint density at radius 3 is 1.87 bits per heavy atom. The molecular weight excluding hydrogens is 571 g/mol. The summed E-state index contributed by atoms with van der Waals surface area (Å²) in [6.07, 6.45) is 0. The van der Waals surface area contributed by atoms with E-state index in [1.165, 1.54) is 44.2 Å². The van der Waals surface area contributed by atoms with E-state index in [-0.39, 0.29) is 5.84 Å². The number of nitrogens with two attached hydrogens (primary N) is 1. The summed E-state index contributed by atoms with van der Waals surface area (Å²) in [4.78, 5) is 0. The van der Waals surface area contributed by atoms with Gasteiger partial charge in [0.1, 0.15) is 5.84 Å². The summed E-state index contributed by atoms with van der Waals surface area (Å²) in [6.45, 7) is 0. The molecule has 0 saturated heterocycles. The Kier molecular flexibility index (Phi) is 6.03. The number of amidine groups is 1. The van der Waals surface area contributed by atoms with Crippen LogP contribution in [0.1, 0.15) is 27.8 Å². The van der Waals surface area contributed by atoms with Crippen molar-refractivity contribution in [1.29, 1.82) is 5.41 Å². The summed E-state index contributed by atoms with van der Waals surface area (Å²) in [5.41, 5.74) is 19.3. The van der Waals surface area contributed by atoms with Crippen LogP contribution in [-0.4, -0.2) is 10.4 Å². The van der Waals surface area contributed by atoms with Gasteiger partial charge in [0.2, 0.25) is 0 Å². The molecule has 0 bridgehead atoms. The van der Waals surface area contributed by atoms with Gasteiger partial charge in [-0.05, 0) is 69.3 Å². The van der Waals surface area contributed by atoms with E-state index >= 15 is 0 Å². The second-order valence-electron chi connectivity index (χ2n) is 12.3. The van der Waals surface area contributed by atoms with E-state index in [4.69, 9.17) is 11.1 Å². The lowest BCUT2D eigenvalue weighted by Gasteiger charge is -2.34. The summed E-state index contributed by atoms with van der Waals surface area (Å²) in [6, 6.07) is 60.8. The zero-order valence-corrected chi connectivity index (χ0v) is 25.7. The molecule has 0 saturated carbocycles. The molecule has 0 atom stereocenters. The van der Waals surface area contributed by atoms with Crippen LogP contribution in [0.4, 0.5) is 0 Å². The summed E-state index contributed by atoms with van der Waals surface area (Å²) >= 11 is 0. The lowest BCUT2D eigenvalue weighted by Crippen LogP contribution is -2.28. The lowest BCUT2D eigenvalue weighted by atomic mass is 9.67. The molecular formula is C44H31N3. The van der Waals surface area contributed by atoms with Gasteiger partial charge in [-0.1, -0.05) is 140 Å². The number of aromatic nitrogens is 1. The van der Waals surface area contributed by atoms with Crippen molar-refractivity contribution >= 4 is 27.6 Å². The van der Waals surface area contributed by atoms with Gasteiger partial charge in [0.05, 0.1) is 16.4 Å². The summed E-state index contributed by atoms with van der Waals surface area (Å²) < 4.78 is 2.41. The van der Waals surface area contributed by atoms with E-state index < -0.39 is 5.41 Å². The average Bonchev–Trinajstić information content (AvgIpc) is 3.63. The zero-order valence-electron chi connectivity index (χ0n) is 25.7. The van der Waals surface area contributed by atoms with Gasteiger partial charge in [-0.2, -0.15) is 0 Å². The molecule has 0 fully saturated rings. The lowest BCUT2D eigenvalue weighted by molar-refractivity contribution is 0.769. The first-order chi connectivity index (χ1) is 23.2. The van der Waals surface area contributed by atoms with Gasteiger partial charge in [-0.3, -0.25) is 5.41 Å². The largest absolute Gasteiger partial charge is 0.384 e. The molecule has 0 radical (unpaired) electrons. The van der Waals surface area contributed by atoms with Gasteiger partial charge >= 0.3 is 0 Å². The second kappa shape index (κ2) is 10.4. The number of nitrogens with zero attached hydrogens (tertiary/aromatic N) is 1. The summed E-state index contributed by atoms with van der Waals surface area (Å²) in [7, 11) is 0. The molecule has 9 rings (SSSR count). The molecule has 7 aromatic carbocycles. The maximum absolute atomic E-state index is 8.29. The zero-order chi connectivity index (χ0) is 31.5. The third kappa shape index (κ3) is 3.84. The van der Waals surface area contributed by atoms with Crippen LogP contribution < -0.4 is 5.73 Å². The molecule has 3 N–H and O–H groups in total. The first-order valence-electron chi connectivity index (χ1n) is 16.0. The Hall–Kier alpha value is -6.19. The van der Waals surface area contributed by atoms with Crippen LogP contribution in [0.15, 0.2) is 170 Å². The molecule has 47 heavy (non-hydrogen) atoms. The van der Waals surface area contributed by atoms with Crippen LogP contribution in [0.3, 0.4) is 0 Å². The number of benzene rings is 7. The van der Waals surface area contributed by atoms with Crippen molar-refractivity contribution in [2.24, 2.45) is 5.73 Å². The third-order valence-corrected chi connectivity index (χ3v) is 9.85. The molecule has 1 aromatic heterocycles. The first-order valence-corrected chi connectivity index (χ1v) is 16.0. The smallest absolute Gasteiger partial charge is 0.122 e. The Morgan fingerprint density at radius 2 is 1.17 bits per heavy atom. The fourth-order valence-electron chi connectivity index (χ4n) is 8.00. The molecule has 0 aliphatic heterocycles. The van der Waals surface area contributed by atoms with Crippen molar-refractivity contribution in [3.63, 3.8) is 0 Å². The molecule has 3 nitrogen and oxygen atoms in total. The van der Waals surface area contributed by atoms with E-state index in [9.17, 15) is 0 Å². The van der Waals surface area contributed by atoms with Gasteiger partial charge in [-0.15, -0.1) is 0 Å². The minimum atomic E-state index is -0.550. The van der Waals surface area contributed by atoms with Crippen LogP contribution in [0.5, 0.6) is 0 Å². The molecule has 1 aliphatic rings. The van der Waals surface area contributed by atoms with Crippen molar-refractivity contribution in [2.75, 3.05) is 0 Å². The quantitative estimate of drug-likeness (QED) is 0.150. The molecule has 0 amide bonds. The third-order valence-electron chi connectivity index (χ3n) is 9.85. The second-order valence-corrected chi connectivity index (χ2v) is 12.3. The Labute approximate surface area is 273 Å². The van der Waals surface area contributed by atoms with E-state index in [1.54, 1.807) is 0 Å². The minimum absolute atomic E-state index is 0.0585. The van der Waals surface area contributed by atoms with Crippen LogP contribution in [-0.2, 0) is 5.41 Å². The van der Waals surface area contributed by atoms with E-state index in [0.29, 0.717) is 5.56 Å². The topological polar surface area (TPSA) is 54.8 Å². The summed E-state index contributed by atoms with van der Waals surface area (Å²) in [5, 5.41) is 10.7. The normalized spacial score (nSPS) is 13.0. The monoisotopic (exact) mass is 601 g/mol. The van der Waals surface area contributed by atoms with Crippen LogP contribution in [0, 0.1) is 5.41 Å². The SMILES string of the molecule is N=C(N)c1cccc(-c2cc3c(c4c5ccccc5n(-c5ccccc5)c24)-c2ccccc2C3(c2ccccc2)c2ccccc2)c1. The van der Waals surface area contributed by atoms with Crippen LogP contribution >= 0.6 is 0 Å². The van der Waals surface area contributed by atoms with E-state index in [2.05, 4.69) is 162 Å². The number of para-hydroxylation sites is 2. The number of fused-ring (bicyclic) bond motifs is 7. The highest BCUT2D eigenvalue weighted by Gasteiger charge is 2.47. The van der Waals surface area contributed by atoms with Gasteiger partial charge in [0.25, 0.3) is 0 Å². The number of hydrogen-bond donors (Lipinski definition) is 2. The van der Waals surface area contributed by atoms with Crippen molar-refractivity contribution in [3.05, 3.63) is 198 Å². The number of nitrogen functional groups attached to an aromatic ring is 1. The van der Waals surface area contributed by atoms with Gasteiger partial charge < -0.3 is 10.3 Å². The van der Waals surface area contributed by atoms with E-state index in [1.807, 2.05) is 12.1 Å². The molecule has 8 aromatic rings.